The lowest BCUT2D eigenvalue weighted by Gasteiger charge is -2.37. The van der Waals surface area contributed by atoms with E-state index in [1.54, 1.807) is 0 Å². The van der Waals surface area contributed by atoms with Crippen molar-refractivity contribution < 1.29 is 35.8 Å². The number of hydrazine groups is 1. The highest BCUT2D eigenvalue weighted by Gasteiger charge is 2.58. The van der Waals surface area contributed by atoms with Gasteiger partial charge in [-0.05, 0) is 48.5 Å². The molecule has 0 amide bonds. The van der Waals surface area contributed by atoms with Crippen LogP contribution in [0, 0.1) is 23.5 Å². The largest absolute Gasteiger partial charge is 0.405 e. The maximum atomic E-state index is 15.7. The Labute approximate surface area is 217 Å². The number of anilines is 1. The average Bonchev–Trinajstić information content (AvgIpc) is 2.86. The van der Waals surface area contributed by atoms with Gasteiger partial charge in [0.2, 0.25) is 0 Å². The zero-order valence-corrected chi connectivity index (χ0v) is 19.9. The Morgan fingerprint density at radius 3 is 2.18 bits per heavy atom. The van der Waals surface area contributed by atoms with E-state index in [2.05, 4.69) is 27.2 Å². The van der Waals surface area contributed by atoms with Gasteiger partial charge in [0.05, 0.1) is 6.54 Å². The van der Waals surface area contributed by atoms with Gasteiger partial charge in [0.15, 0.2) is 5.60 Å². The summed E-state index contributed by atoms with van der Waals surface area (Å²) < 4.78 is 96.2. The molecule has 0 fully saturated rings. The van der Waals surface area contributed by atoms with E-state index >= 15 is 8.78 Å². The summed E-state index contributed by atoms with van der Waals surface area (Å²) in [6, 6.07) is 9.43. The molecule has 1 aromatic heterocycles. The van der Waals surface area contributed by atoms with Gasteiger partial charge in [-0.25, -0.2) is 14.6 Å². The molecule has 0 radical (unpaired) electrons. The standard InChI is InChI=1S/C25H21F7N6O/c26-18-6-9-20(21(27)11-18)23(39,14-38(34)15-37-33)25(31,32)22-10-5-17(12-35-22)2-1-16-3-7-19(8-4-16)36-13-24(28,29)30/h3-12,15,36,39H,13-14,33-34H2/b37-15-. The maximum Gasteiger partial charge on any atom is 0.405 e. The number of hydrazone groups is 1. The Kier molecular flexibility index (Phi) is 8.68. The van der Waals surface area contributed by atoms with Crippen LogP contribution in [0.3, 0.4) is 0 Å². The van der Waals surface area contributed by atoms with E-state index in [0.717, 1.165) is 12.3 Å². The Balaban J connectivity index is 1.87. The maximum absolute atomic E-state index is 15.7. The molecule has 1 atom stereocenters. The Hall–Kier alpha value is -4.35. The number of hydrogen-bond acceptors (Lipinski definition) is 6. The van der Waals surface area contributed by atoms with Crippen molar-refractivity contribution in [2.75, 3.05) is 18.4 Å². The predicted octanol–water partition coefficient (Wildman–Crippen LogP) is 3.79. The average molecular weight is 554 g/mol. The molecule has 6 N–H and O–H groups in total. The summed E-state index contributed by atoms with van der Waals surface area (Å²) >= 11 is 0. The Bertz CT molecular complexity index is 1370. The lowest BCUT2D eigenvalue weighted by molar-refractivity contribution is -0.203. The quantitative estimate of drug-likeness (QED) is 0.0842. The summed E-state index contributed by atoms with van der Waals surface area (Å²) in [4.78, 5) is 3.67. The highest BCUT2D eigenvalue weighted by molar-refractivity contribution is 5.54. The zero-order chi connectivity index (χ0) is 28.8. The lowest BCUT2D eigenvalue weighted by atomic mass is 9.84. The highest BCUT2D eigenvalue weighted by atomic mass is 19.4. The van der Waals surface area contributed by atoms with Gasteiger partial charge in [0.1, 0.15) is 30.2 Å². The van der Waals surface area contributed by atoms with Crippen LogP contribution in [0.1, 0.15) is 22.4 Å². The number of nitrogens with zero attached hydrogens (tertiary/aromatic N) is 3. The second-order valence-corrected chi connectivity index (χ2v) is 8.22. The van der Waals surface area contributed by atoms with Gasteiger partial charge in [-0.15, -0.1) is 0 Å². The van der Waals surface area contributed by atoms with Crippen LogP contribution in [0.2, 0.25) is 0 Å². The van der Waals surface area contributed by atoms with Crippen molar-refractivity contribution in [3.8, 4) is 11.8 Å². The topological polar surface area (TPSA) is 113 Å². The van der Waals surface area contributed by atoms with Gasteiger partial charge in [0, 0.05) is 34.6 Å². The lowest BCUT2D eigenvalue weighted by Crippen LogP contribution is -2.53. The molecular weight excluding hydrogens is 533 g/mol. The first-order valence-corrected chi connectivity index (χ1v) is 10.9. The number of halogens is 7. The summed E-state index contributed by atoms with van der Waals surface area (Å²) in [6.45, 7) is -2.31. The molecule has 14 heteroatoms. The third-order valence-corrected chi connectivity index (χ3v) is 5.34. The number of aromatic nitrogens is 1. The molecule has 7 nitrogen and oxygen atoms in total. The Morgan fingerprint density at radius 2 is 1.62 bits per heavy atom. The van der Waals surface area contributed by atoms with Gasteiger partial charge in [-0.1, -0.05) is 11.8 Å². The van der Waals surface area contributed by atoms with E-state index in [1.165, 1.54) is 30.3 Å². The Morgan fingerprint density at radius 1 is 0.974 bits per heavy atom. The van der Waals surface area contributed by atoms with Crippen LogP contribution in [0.15, 0.2) is 65.9 Å². The molecule has 39 heavy (non-hydrogen) atoms. The number of rotatable bonds is 8. The van der Waals surface area contributed by atoms with Crippen molar-refractivity contribution in [3.05, 3.63) is 94.8 Å². The molecule has 2 aromatic carbocycles. The van der Waals surface area contributed by atoms with Crippen LogP contribution >= 0.6 is 0 Å². The van der Waals surface area contributed by atoms with Gasteiger partial charge < -0.3 is 16.3 Å². The van der Waals surface area contributed by atoms with E-state index in [-0.39, 0.29) is 11.3 Å². The van der Waals surface area contributed by atoms with Crippen LogP contribution < -0.4 is 17.0 Å². The summed E-state index contributed by atoms with van der Waals surface area (Å²) in [7, 11) is 0. The smallest absolute Gasteiger partial charge is 0.377 e. The second-order valence-electron chi connectivity index (χ2n) is 8.22. The number of alkyl halides is 5. The first-order valence-electron chi connectivity index (χ1n) is 10.9. The molecular formula is C25H21F7N6O. The van der Waals surface area contributed by atoms with Crippen LogP contribution in [-0.2, 0) is 11.5 Å². The van der Waals surface area contributed by atoms with E-state index in [4.69, 9.17) is 11.7 Å². The fourth-order valence-electron chi connectivity index (χ4n) is 3.45. The highest BCUT2D eigenvalue weighted by Crippen LogP contribution is 2.45. The molecule has 1 unspecified atom stereocenters. The minimum Gasteiger partial charge on any atom is -0.377 e. The third kappa shape index (κ3) is 7.15. The molecule has 206 valence electrons. The van der Waals surface area contributed by atoms with Gasteiger partial charge >= 0.3 is 12.1 Å². The van der Waals surface area contributed by atoms with Crippen LogP contribution in [-0.4, -0.2) is 40.7 Å². The van der Waals surface area contributed by atoms with E-state index in [1.807, 2.05) is 0 Å². The molecule has 3 aromatic rings. The fourth-order valence-corrected chi connectivity index (χ4v) is 3.45. The van der Waals surface area contributed by atoms with E-state index in [9.17, 15) is 27.1 Å². The van der Waals surface area contributed by atoms with Crippen LogP contribution in [0.4, 0.5) is 36.4 Å². The number of benzene rings is 2. The first kappa shape index (κ1) is 29.2. The van der Waals surface area contributed by atoms with E-state index in [0.29, 0.717) is 35.1 Å². The minimum absolute atomic E-state index is 0.182. The first-order chi connectivity index (χ1) is 18.2. The molecule has 0 aliphatic heterocycles. The van der Waals surface area contributed by atoms with Crippen molar-refractivity contribution in [1.29, 1.82) is 0 Å². The fraction of sp³-hybridized carbons (Fsp3) is 0.200. The summed E-state index contributed by atoms with van der Waals surface area (Å²) in [6.07, 6.45) is -2.67. The molecule has 0 aliphatic rings. The van der Waals surface area contributed by atoms with Crippen molar-refractivity contribution >= 4 is 12.0 Å². The summed E-state index contributed by atoms with van der Waals surface area (Å²) in [5.74, 6) is 9.13. The molecule has 1 heterocycles. The second kappa shape index (κ2) is 11.6. The number of nitrogens with two attached hydrogens (primary N) is 2. The normalized spacial score (nSPS) is 13.5. The monoisotopic (exact) mass is 554 g/mol. The zero-order valence-electron chi connectivity index (χ0n) is 19.9. The van der Waals surface area contributed by atoms with E-state index < -0.39 is 53.7 Å². The minimum atomic E-state index is -4.38. The van der Waals surface area contributed by atoms with Crippen molar-refractivity contribution in [1.82, 2.24) is 9.99 Å². The molecule has 0 aliphatic carbocycles. The molecule has 0 bridgehead atoms. The molecule has 0 saturated heterocycles. The van der Waals surface area contributed by atoms with Gasteiger partial charge in [-0.3, -0.25) is 9.99 Å². The SMILES string of the molecule is N/N=C\N(N)CC(O)(c1ccc(F)cc1F)C(F)(F)c1ccc(C#Cc2ccc(NCC(F)(F)F)cc2)cn1. The summed E-state index contributed by atoms with van der Waals surface area (Å²) in [5.41, 5.74) is -4.44. The number of aliphatic hydroxyl groups is 1. The van der Waals surface area contributed by atoms with Crippen molar-refractivity contribution in [3.63, 3.8) is 0 Å². The van der Waals surface area contributed by atoms with Crippen molar-refractivity contribution in [2.24, 2.45) is 16.8 Å². The molecule has 3 rings (SSSR count). The van der Waals surface area contributed by atoms with Crippen LogP contribution in [0.25, 0.3) is 0 Å². The number of hydrogen-bond donors (Lipinski definition) is 4. The molecule has 0 spiro atoms. The van der Waals surface area contributed by atoms with Gasteiger partial charge in [-0.2, -0.15) is 27.1 Å². The molecule has 0 saturated carbocycles. The van der Waals surface area contributed by atoms with Crippen molar-refractivity contribution in [2.45, 2.75) is 17.7 Å². The third-order valence-electron chi connectivity index (χ3n) is 5.34. The number of pyridine rings is 1. The summed E-state index contributed by atoms with van der Waals surface area (Å²) in [5, 5.41) is 16.9. The van der Waals surface area contributed by atoms with Gasteiger partial charge in [0.25, 0.3) is 0 Å². The predicted molar refractivity (Wildman–Crippen MR) is 129 cm³/mol. The number of nitrogens with one attached hydrogen (secondary N) is 1. The van der Waals surface area contributed by atoms with Crippen LogP contribution in [0.5, 0.6) is 0 Å².